The smallest absolute Gasteiger partial charge is 0.227 e. The predicted octanol–water partition coefficient (Wildman–Crippen LogP) is 30.4. The van der Waals surface area contributed by atoms with Gasteiger partial charge in [0.25, 0.3) is 0 Å². The van der Waals surface area contributed by atoms with Gasteiger partial charge in [0.15, 0.2) is 36.6 Å². The first-order valence-corrected chi connectivity index (χ1v) is 48.7. The third kappa shape index (κ3) is 15.5. The van der Waals surface area contributed by atoms with Gasteiger partial charge in [0, 0.05) is 177 Å². The van der Waals surface area contributed by atoms with Crippen molar-refractivity contribution in [3.05, 3.63) is 384 Å². The maximum Gasteiger partial charge on any atom is 0.227 e. The Bertz CT molecular complexity index is 10100. The summed E-state index contributed by atoms with van der Waals surface area (Å²) in [5.41, 5.74) is 30.7. The van der Waals surface area contributed by atoms with E-state index in [1.54, 1.807) is 37.1 Å². The summed E-state index contributed by atoms with van der Waals surface area (Å²) in [5.74, 6) is -2.22. The predicted molar refractivity (Wildman–Crippen MR) is 582 cm³/mol. The van der Waals surface area contributed by atoms with Crippen LogP contribution in [0.25, 0.3) is 232 Å². The Hall–Kier alpha value is -16.8. The normalized spacial score (nSPS) is 14.0. The molecular weight excluding hydrogens is 1760 g/mol. The molecule has 15 nitrogen and oxygen atoms in total. The number of nitrogens with zero attached hydrogens (tertiary/aromatic N) is 10. The molecule has 1 fully saturated rings. The number of hydrogen-bond donors (Lipinski definition) is 0. The van der Waals surface area contributed by atoms with Gasteiger partial charge in [-0.05, 0) is 242 Å². The molecule has 26 aromatic rings. The lowest BCUT2D eigenvalue weighted by Gasteiger charge is -2.13. The van der Waals surface area contributed by atoms with Gasteiger partial charge >= 0.3 is 0 Å². The Labute approximate surface area is 840 Å². The molecule has 15 heterocycles. The minimum Gasteiger partial charge on any atom is -0.437 e. The third-order valence-electron chi connectivity index (χ3n) is 29.2. The zero-order valence-electron chi connectivity index (χ0n) is 90.4. The van der Waals surface area contributed by atoms with E-state index < -0.39 is 25.5 Å². The molecule has 15 heteroatoms. The first-order chi connectivity index (χ1) is 72.7. The summed E-state index contributed by atoms with van der Waals surface area (Å²) < 4.78 is 108. The number of furan rings is 5. The van der Waals surface area contributed by atoms with Crippen LogP contribution in [0.3, 0.4) is 0 Å². The Morgan fingerprint density at radius 2 is 0.699 bits per heavy atom. The molecule has 0 N–H and O–H groups in total. The quantitative estimate of drug-likeness (QED) is 0.135. The maximum atomic E-state index is 9.06. The van der Waals surface area contributed by atoms with Crippen LogP contribution in [-0.2, 0) is 35.2 Å². The fraction of sp³-hybridized carbons (Fsp3) is 0.172. The van der Waals surface area contributed by atoms with Crippen molar-refractivity contribution in [3.63, 3.8) is 0 Å². The molecule has 1 saturated carbocycles. The monoisotopic (exact) mass is 1880 g/mol. The van der Waals surface area contributed by atoms with Crippen LogP contribution in [0.1, 0.15) is 124 Å². The molecule has 1 unspecified atom stereocenters. The zero-order chi connectivity index (χ0) is 105. The van der Waals surface area contributed by atoms with Crippen LogP contribution in [0.4, 0.5) is 0 Å². The van der Waals surface area contributed by atoms with E-state index in [1.807, 2.05) is 152 Å². The summed E-state index contributed by atoms with van der Waals surface area (Å²) in [6.45, 7) is 13.6. The van der Waals surface area contributed by atoms with Crippen LogP contribution in [0.15, 0.2) is 345 Å². The van der Waals surface area contributed by atoms with Gasteiger partial charge < -0.3 is 22.1 Å². The van der Waals surface area contributed by atoms with Gasteiger partial charge in [0.05, 0.1) is 27.8 Å². The van der Waals surface area contributed by atoms with E-state index in [4.69, 9.17) is 33.1 Å². The number of pyridine rings is 10. The lowest BCUT2D eigenvalue weighted by atomic mass is 9.90. The zero-order valence-corrected chi connectivity index (χ0v) is 82.4. The minimum atomic E-state index is -2.45. The second-order valence-electron chi connectivity index (χ2n) is 38.1. The van der Waals surface area contributed by atoms with Gasteiger partial charge in [-0.2, -0.15) is 0 Å². The van der Waals surface area contributed by atoms with Crippen LogP contribution >= 0.6 is 0 Å². The number of aryl methyl sites for hydroxylation is 14. The molecule has 1 aliphatic rings. The first-order valence-electron chi connectivity index (χ1n) is 52.7. The van der Waals surface area contributed by atoms with E-state index in [0.717, 1.165) is 207 Å². The second-order valence-corrected chi connectivity index (χ2v) is 38.1. The van der Waals surface area contributed by atoms with Crippen molar-refractivity contribution in [3.8, 4) is 67.4 Å². The van der Waals surface area contributed by atoms with Crippen molar-refractivity contribution in [2.75, 3.05) is 0 Å². The highest BCUT2D eigenvalue weighted by atomic mass is 16.4. The Morgan fingerprint density at radius 3 is 1.16 bits per heavy atom. The molecule has 0 amide bonds. The highest BCUT2D eigenvalue weighted by Crippen LogP contribution is 2.51. The van der Waals surface area contributed by atoms with E-state index in [0.29, 0.717) is 45.3 Å². The molecule has 0 radical (unpaired) electrons. The van der Waals surface area contributed by atoms with Gasteiger partial charge in [-0.25, -0.2) is 47.8 Å². The highest BCUT2D eigenvalue weighted by molar-refractivity contribution is 6.27. The molecule has 27 rings (SSSR count). The first kappa shape index (κ1) is 81.1. The van der Waals surface area contributed by atoms with Crippen LogP contribution < -0.4 is 22.8 Å². The fourth-order valence-electron chi connectivity index (χ4n) is 22.0. The van der Waals surface area contributed by atoms with Crippen molar-refractivity contribution < 1.29 is 55.9 Å². The molecule has 0 spiro atoms. The third-order valence-corrected chi connectivity index (χ3v) is 29.2. The molecule has 1 aliphatic carbocycles. The topological polar surface area (TPSA) is 150 Å². The molecule has 0 bridgehead atoms. The summed E-state index contributed by atoms with van der Waals surface area (Å²) in [5, 5.41) is 21.7. The van der Waals surface area contributed by atoms with E-state index in [1.165, 1.54) is 73.4 Å². The van der Waals surface area contributed by atoms with Crippen LogP contribution in [0.5, 0.6) is 0 Å². The Morgan fingerprint density at radius 1 is 0.322 bits per heavy atom. The van der Waals surface area contributed by atoms with Crippen molar-refractivity contribution in [2.45, 2.75) is 113 Å². The highest BCUT2D eigenvalue weighted by Gasteiger charge is 2.33. The summed E-state index contributed by atoms with van der Waals surface area (Å²) in [6, 6.07) is 90.5. The molecule has 698 valence electrons. The van der Waals surface area contributed by atoms with E-state index in [9.17, 15) is 0 Å². The SMILES string of the molecule is Cc1c(-c2cccc[n+]2C)c2c3cccnc3oc2c2ccccc12.Cc1cc[n+](C)c(-c2c(C)c3ccccc3c3oc4ncccc4c23)c1.[2H]C([2H])([2H])C([2H])(C)c1cc[n+](C)c(-c2c(C)c3ccccc3c3oc4ncccc4c23)c1.[2H]C([2H])([2H])c1c[n+](C)c(-c2c(C)c3ccccc3c3c2oc2nc(C)ccc23)cc1-c1ccc(C)cc1.[2H]C1(c2cc[n+](C)c(-c3c(C)c4ccccc4c4oc5ncccc5c34)c2)CCCC1. The summed E-state index contributed by atoms with van der Waals surface area (Å²) in [4.78, 5) is 22.5. The van der Waals surface area contributed by atoms with Crippen LogP contribution in [0.2, 0.25) is 0 Å². The molecule has 0 aliphatic heterocycles. The summed E-state index contributed by atoms with van der Waals surface area (Å²) in [7, 11) is 10.1. The van der Waals surface area contributed by atoms with Gasteiger partial charge in [-0.1, -0.05) is 178 Å². The van der Waals surface area contributed by atoms with Crippen molar-refractivity contribution in [1.29, 1.82) is 0 Å². The van der Waals surface area contributed by atoms with E-state index >= 15 is 0 Å². The maximum absolute atomic E-state index is 9.06. The average Bonchev–Trinajstić information content (AvgIpc) is 1.60. The number of hydrogen-bond acceptors (Lipinski definition) is 10. The second kappa shape index (κ2) is 36.5. The lowest BCUT2D eigenvalue weighted by molar-refractivity contribution is -0.660. The van der Waals surface area contributed by atoms with Gasteiger partial charge in [0.2, 0.25) is 57.0 Å². The Balaban J connectivity index is 0.000000104. The molecule has 143 heavy (non-hydrogen) atoms. The van der Waals surface area contributed by atoms with E-state index in [-0.39, 0.29) is 0 Å². The van der Waals surface area contributed by atoms with Crippen molar-refractivity contribution >= 4 is 164 Å². The van der Waals surface area contributed by atoms with Crippen molar-refractivity contribution in [2.24, 2.45) is 35.2 Å². The Kier molecular flexibility index (Phi) is 20.7. The molecule has 11 aromatic carbocycles. The number of aromatic nitrogens is 10. The number of rotatable bonds is 8. The van der Waals surface area contributed by atoms with Crippen molar-refractivity contribution in [1.82, 2.24) is 24.9 Å². The fourth-order valence-corrected chi connectivity index (χ4v) is 22.0. The standard InChI is InChI=1S/C31H27N2O.C27H25N2O.C25H23N2O.C23H19N2O.C22H17N2O/c1-18-10-13-22(14-11-18)26-16-27(33(5)17-19(26)2)28-21(4)23-8-6-7-9-24(23)29-25-15-12-20(3)32-31(25)34-30(28)29;1-17-20-10-5-6-11-21(20)26-25(22-12-7-14-28-27(22)30-26)24(17)23-16-19(13-15-29(23)2)18-8-3-4-9-18;1-15(2)17-11-13-27(4)21(14-17)22-16(3)18-8-5-6-9-19(18)24-23(22)20-10-7-12-26-25(20)28-24;1-14-10-12-25(3)19(13-14)20-15(2)16-7-4-5-8-17(16)22-21(20)18-9-6-11-24-23(18)26-22;1-14-15-8-3-4-9-16(15)21-20(17-10-7-12-23-22(17)25-21)19(14)18-11-5-6-13-24(18)2/h6-17H,1-5H3;5-7,10-16,18H,3-4,8-9H2,1-2H3;5-15H,1-4H3;4-13H,1-3H3;3-13H,1-2H3/q5*+1/i2D3;18D;1D3,15D;;. The van der Waals surface area contributed by atoms with Gasteiger partial charge in [0.1, 0.15) is 57.6 Å². The molecule has 0 saturated heterocycles. The van der Waals surface area contributed by atoms with Crippen LogP contribution in [0, 0.1) is 62.2 Å². The lowest BCUT2D eigenvalue weighted by Crippen LogP contribution is -2.31. The largest absolute Gasteiger partial charge is 0.437 e. The summed E-state index contributed by atoms with van der Waals surface area (Å²) >= 11 is 0. The summed E-state index contributed by atoms with van der Waals surface area (Å²) in [6.07, 6.45) is 21.1. The van der Waals surface area contributed by atoms with Gasteiger partial charge in [-0.15, -0.1) is 0 Å². The van der Waals surface area contributed by atoms with Gasteiger partial charge in [-0.3, -0.25) is 0 Å². The number of fused-ring (bicyclic) bond motifs is 25. The molecule has 1 atom stereocenters. The average molecular weight is 1880 g/mol. The molecular formula is C128H111N10O5+5. The minimum absolute atomic E-state index is 0.319. The van der Waals surface area contributed by atoms with Crippen LogP contribution in [-0.4, -0.2) is 24.9 Å². The number of benzene rings is 11. The van der Waals surface area contributed by atoms with E-state index in [2.05, 4.69) is 272 Å². The molecule has 15 aromatic heterocycles.